The van der Waals surface area contributed by atoms with E-state index in [4.69, 9.17) is 16.3 Å². The van der Waals surface area contributed by atoms with E-state index in [1.807, 2.05) is 41.3 Å². The van der Waals surface area contributed by atoms with Gasteiger partial charge in [-0.3, -0.25) is 4.79 Å². The number of fused-ring (bicyclic) bond motifs is 1. The molecule has 2 atom stereocenters. The number of carbonyl (C=O) groups is 1. The highest BCUT2D eigenvalue weighted by Gasteiger charge is 2.49. The van der Waals surface area contributed by atoms with Gasteiger partial charge in [-0.1, -0.05) is 53.7 Å². The Hall–Kier alpha value is -2.03. The lowest BCUT2D eigenvalue weighted by atomic mass is 10.1. The van der Waals surface area contributed by atoms with Crippen LogP contribution >= 0.6 is 23.4 Å². The van der Waals surface area contributed by atoms with Gasteiger partial charge in [0.15, 0.2) is 15.0 Å². The third kappa shape index (κ3) is 4.15. The monoisotopic (exact) mass is 450 g/mol. The zero-order chi connectivity index (χ0) is 20.6. The number of thioether (sulfide) groups is 1. The minimum atomic E-state index is -3.13. The zero-order valence-corrected chi connectivity index (χ0v) is 18.0. The molecule has 0 spiro atoms. The Kier molecular flexibility index (Phi) is 5.59. The lowest BCUT2D eigenvalue weighted by Crippen LogP contribution is -2.38. The third-order valence-corrected chi connectivity index (χ3v) is 8.46. The number of nitrogens with zero attached hydrogens (tertiary/aromatic N) is 2. The smallest absolute Gasteiger partial charge is 0.252 e. The van der Waals surface area contributed by atoms with Gasteiger partial charge in [0.2, 0.25) is 0 Å². The molecule has 2 aromatic rings. The number of anilines is 1. The van der Waals surface area contributed by atoms with Crippen LogP contribution in [0.5, 0.6) is 5.75 Å². The first-order valence-corrected chi connectivity index (χ1v) is 12.1. The van der Waals surface area contributed by atoms with Crippen LogP contribution in [0.3, 0.4) is 0 Å². The van der Waals surface area contributed by atoms with Crippen LogP contribution in [-0.2, 0) is 21.1 Å². The molecule has 2 saturated heterocycles. The summed E-state index contributed by atoms with van der Waals surface area (Å²) in [5.74, 6) is 0.404. The number of amidine groups is 1. The second-order valence-corrected chi connectivity index (χ2v) is 10.7. The highest BCUT2D eigenvalue weighted by molar-refractivity contribution is 8.16. The topological polar surface area (TPSA) is 76.0 Å². The number of hydrogen-bond donors (Lipinski definition) is 0. The summed E-state index contributed by atoms with van der Waals surface area (Å²) in [5.41, 5.74) is 1.41. The number of ether oxygens (including phenoxy) is 1. The van der Waals surface area contributed by atoms with E-state index in [0.29, 0.717) is 21.6 Å². The summed E-state index contributed by atoms with van der Waals surface area (Å²) in [6, 6.07) is 14.2. The van der Waals surface area contributed by atoms with Crippen molar-refractivity contribution in [1.82, 2.24) is 0 Å². The van der Waals surface area contributed by atoms with Crippen LogP contribution in [0.2, 0.25) is 5.02 Å². The molecule has 0 radical (unpaired) electrons. The molecule has 0 aromatic heterocycles. The van der Waals surface area contributed by atoms with Crippen molar-refractivity contribution < 1.29 is 17.9 Å². The zero-order valence-electron chi connectivity index (χ0n) is 15.6. The fourth-order valence-electron chi connectivity index (χ4n) is 3.65. The molecule has 0 bridgehead atoms. The van der Waals surface area contributed by atoms with Gasteiger partial charge in [0.05, 0.1) is 41.8 Å². The Morgan fingerprint density at radius 3 is 2.69 bits per heavy atom. The molecule has 2 aromatic carbocycles. The Labute approximate surface area is 178 Å². The van der Waals surface area contributed by atoms with Crippen LogP contribution in [0.15, 0.2) is 53.5 Å². The maximum absolute atomic E-state index is 12.7. The standard InChI is InChI=1S/C20H19ClN2O4S2/c1-27-17-9-5-2-6-13(17)10-19(24)22-20-23(15-8-4-3-7-14(15)21)16-11-29(25,26)12-18(16)28-20/h2-9,16,18H,10-12H2,1H3/t16-,18+/m1/s1. The second-order valence-electron chi connectivity index (χ2n) is 6.90. The molecule has 29 heavy (non-hydrogen) atoms. The Bertz CT molecular complexity index is 1090. The number of hydrogen-bond acceptors (Lipinski definition) is 5. The van der Waals surface area contributed by atoms with Crippen LogP contribution in [0.1, 0.15) is 5.56 Å². The molecule has 6 nitrogen and oxygen atoms in total. The molecule has 4 rings (SSSR count). The first-order chi connectivity index (χ1) is 13.9. The van der Waals surface area contributed by atoms with E-state index in [2.05, 4.69) is 4.99 Å². The van der Waals surface area contributed by atoms with Crippen molar-refractivity contribution in [2.75, 3.05) is 23.5 Å². The van der Waals surface area contributed by atoms with E-state index in [0.717, 1.165) is 5.56 Å². The summed E-state index contributed by atoms with van der Waals surface area (Å²) in [4.78, 5) is 18.9. The number of carbonyl (C=O) groups excluding carboxylic acids is 1. The highest BCUT2D eigenvalue weighted by Crippen LogP contribution is 2.43. The van der Waals surface area contributed by atoms with Crippen molar-refractivity contribution in [3.63, 3.8) is 0 Å². The molecule has 2 fully saturated rings. The fraction of sp³-hybridized carbons (Fsp3) is 0.300. The van der Waals surface area contributed by atoms with Crippen LogP contribution in [-0.4, -0.2) is 49.4 Å². The maximum Gasteiger partial charge on any atom is 0.252 e. The van der Waals surface area contributed by atoms with E-state index >= 15 is 0 Å². The molecular formula is C20H19ClN2O4S2. The van der Waals surface area contributed by atoms with Gasteiger partial charge in [-0.15, -0.1) is 0 Å². The van der Waals surface area contributed by atoms with E-state index in [-0.39, 0.29) is 35.1 Å². The predicted molar refractivity (Wildman–Crippen MR) is 117 cm³/mol. The number of benzene rings is 2. The first kappa shape index (κ1) is 20.3. The van der Waals surface area contributed by atoms with E-state index < -0.39 is 9.84 Å². The number of aliphatic imine (C=N–C) groups is 1. The molecule has 1 amide bonds. The Morgan fingerprint density at radius 2 is 1.93 bits per heavy atom. The third-order valence-electron chi connectivity index (χ3n) is 4.93. The molecule has 2 aliphatic heterocycles. The molecule has 152 valence electrons. The van der Waals surface area contributed by atoms with Gasteiger partial charge in [0.25, 0.3) is 5.91 Å². The number of para-hydroxylation sites is 2. The lowest BCUT2D eigenvalue weighted by Gasteiger charge is -2.25. The Balaban J connectivity index is 1.66. The average molecular weight is 451 g/mol. The van der Waals surface area contributed by atoms with E-state index in [1.54, 1.807) is 19.2 Å². The largest absolute Gasteiger partial charge is 0.496 e. The van der Waals surface area contributed by atoms with Crippen molar-refractivity contribution in [1.29, 1.82) is 0 Å². The van der Waals surface area contributed by atoms with Gasteiger partial charge in [0, 0.05) is 10.8 Å². The molecule has 0 aliphatic carbocycles. The number of halogens is 1. The summed E-state index contributed by atoms with van der Waals surface area (Å²) in [5, 5.41) is 0.805. The predicted octanol–water partition coefficient (Wildman–Crippen LogP) is 3.19. The molecule has 2 heterocycles. The minimum absolute atomic E-state index is 0.0234. The molecular weight excluding hydrogens is 432 g/mol. The van der Waals surface area contributed by atoms with Crippen LogP contribution in [0.25, 0.3) is 0 Å². The maximum atomic E-state index is 12.7. The highest BCUT2D eigenvalue weighted by atomic mass is 35.5. The minimum Gasteiger partial charge on any atom is -0.496 e. The SMILES string of the molecule is COc1ccccc1CC(=O)N=C1S[C@H]2CS(=O)(=O)C[C@H]2N1c1ccccc1Cl. The fourth-order valence-corrected chi connectivity index (χ4v) is 7.80. The number of methoxy groups -OCH3 is 1. The van der Waals surface area contributed by atoms with Gasteiger partial charge < -0.3 is 9.64 Å². The molecule has 2 aliphatic rings. The van der Waals surface area contributed by atoms with Crippen LogP contribution in [0.4, 0.5) is 5.69 Å². The summed E-state index contributed by atoms with van der Waals surface area (Å²) in [6.45, 7) is 0. The van der Waals surface area contributed by atoms with Gasteiger partial charge in [0.1, 0.15) is 5.75 Å². The summed E-state index contributed by atoms with van der Waals surface area (Å²) in [6.07, 6.45) is 0.0953. The van der Waals surface area contributed by atoms with E-state index in [1.165, 1.54) is 11.8 Å². The first-order valence-electron chi connectivity index (χ1n) is 9.02. The van der Waals surface area contributed by atoms with Gasteiger partial charge in [-0.2, -0.15) is 4.99 Å². The molecule has 0 unspecified atom stereocenters. The quantitative estimate of drug-likeness (QED) is 0.712. The van der Waals surface area contributed by atoms with Gasteiger partial charge in [-0.25, -0.2) is 8.42 Å². The molecule has 9 heteroatoms. The lowest BCUT2D eigenvalue weighted by molar-refractivity contribution is -0.117. The summed E-state index contributed by atoms with van der Waals surface area (Å²) >= 11 is 7.71. The van der Waals surface area contributed by atoms with Crippen molar-refractivity contribution >= 4 is 50.0 Å². The van der Waals surface area contributed by atoms with Crippen LogP contribution in [0, 0.1) is 0 Å². The summed E-state index contributed by atoms with van der Waals surface area (Å²) < 4.78 is 29.6. The van der Waals surface area contributed by atoms with Crippen LogP contribution < -0.4 is 9.64 Å². The van der Waals surface area contributed by atoms with Gasteiger partial charge >= 0.3 is 0 Å². The van der Waals surface area contributed by atoms with Crippen molar-refractivity contribution in [3.05, 3.63) is 59.1 Å². The van der Waals surface area contributed by atoms with Crippen molar-refractivity contribution in [3.8, 4) is 5.75 Å². The number of rotatable bonds is 4. The number of amides is 1. The Morgan fingerprint density at radius 1 is 1.21 bits per heavy atom. The average Bonchev–Trinajstić information content (AvgIpc) is 3.13. The molecule has 0 saturated carbocycles. The normalized spacial score (nSPS) is 23.9. The van der Waals surface area contributed by atoms with Gasteiger partial charge in [-0.05, 0) is 18.2 Å². The summed E-state index contributed by atoms with van der Waals surface area (Å²) in [7, 11) is -1.57. The molecule has 0 N–H and O–H groups in total. The van der Waals surface area contributed by atoms with Crippen molar-refractivity contribution in [2.45, 2.75) is 17.7 Å². The van der Waals surface area contributed by atoms with Crippen molar-refractivity contribution in [2.24, 2.45) is 4.99 Å². The van der Waals surface area contributed by atoms with E-state index in [9.17, 15) is 13.2 Å². The second kappa shape index (κ2) is 8.01. The number of sulfone groups is 1.